The van der Waals surface area contributed by atoms with Gasteiger partial charge < -0.3 is 9.73 Å². The number of nitrogens with zero attached hydrogens (tertiary/aromatic N) is 2. The summed E-state index contributed by atoms with van der Waals surface area (Å²) in [7, 11) is 0. The molecular formula is C23H21Cl2N3O. The lowest BCUT2D eigenvalue weighted by molar-refractivity contribution is 0.440. The Morgan fingerprint density at radius 1 is 0.828 bits per heavy atom. The molecule has 0 aliphatic heterocycles. The maximum atomic E-state index is 6.06. The minimum Gasteiger partial charge on any atom is -0.419 e. The van der Waals surface area contributed by atoms with Crippen LogP contribution in [0.1, 0.15) is 23.1 Å². The summed E-state index contributed by atoms with van der Waals surface area (Å²) in [5, 5.41) is 12.8. The van der Waals surface area contributed by atoms with Gasteiger partial charge in [-0.3, -0.25) is 0 Å². The van der Waals surface area contributed by atoms with E-state index >= 15 is 0 Å². The van der Waals surface area contributed by atoms with Crippen molar-refractivity contribution in [2.24, 2.45) is 0 Å². The quantitative estimate of drug-likeness (QED) is 0.410. The molecule has 0 spiro atoms. The first-order valence-electron chi connectivity index (χ1n) is 9.21. The first-order chi connectivity index (χ1) is 13.8. The van der Waals surface area contributed by atoms with E-state index in [-0.39, 0.29) is 18.4 Å². The van der Waals surface area contributed by atoms with Crippen molar-refractivity contribution in [2.45, 2.75) is 12.5 Å². The molecule has 148 valence electrons. The Bertz CT molecular complexity index is 1010. The molecule has 6 heteroatoms. The van der Waals surface area contributed by atoms with Gasteiger partial charge in [-0.2, -0.15) is 0 Å². The second kappa shape index (κ2) is 10.2. The summed E-state index contributed by atoms with van der Waals surface area (Å²) in [6.45, 7) is 0.778. The lowest BCUT2D eigenvalue weighted by Gasteiger charge is -2.16. The average molecular weight is 426 g/mol. The Balaban J connectivity index is 0.00000240. The van der Waals surface area contributed by atoms with Crippen LogP contribution in [0.5, 0.6) is 0 Å². The summed E-state index contributed by atoms with van der Waals surface area (Å²) in [5.74, 6) is 1.05. The van der Waals surface area contributed by atoms with E-state index in [0.717, 1.165) is 24.1 Å². The molecule has 4 rings (SSSR count). The average Bonchev–Trinajstić information content (AvgIpc) is 3.23. The maximum Gasteiger partial charge on any atom is 0.247 e. The Labute approximate surface area is 181 Å². The van der Waals surface area contributed by atoms with Crippen molar-refractivity contribution >= 4 is 24.0 Å². The molecule has 1 aromatic heterocycles. The monoisotopic (exact) mass is 425 g/mol. The number of nitrogens with one attached hydrogen (secondary N) is 1. The van der Waals surface area contributed by atoms with E-state index < -0.39 is 0 Å². The van der Waals surface area contributed by atoms with Crippen LogP contribution >= 0.6 is 24.0 Å². The largest absolute Gasteiger partial charge is 0.419 e. The van der Waals surface area contributed by atoms with Crippen molar-refractivity contribution in [2.75, 3.05) is 6.54 Å². The molecule has 0 bridgehead atoms. The van der Waals surface area contributed by atoms with Crippen LogP contribution in [-0.4, -0.2) is 16.7 Å². The van der Waals surface area contributed by atoms with Crippen molar-refractivity contribution in [3.63, 3.8) is 0 Å². The van der Waals surface area contributed by atoms with E-state index in [1.807, 2.05) is 60.7 Å². The number of halogens is 2. The summed E-state index contributed by atoms with van der Waals surface area (Å²) in [4.78, 5) is 0. The lowest BCUT2D eigenvalue weighted by atomic mass is 10.1. The highest BCUT2D eigenvalue weighted by atomic mass is 35.5. The first-order valence-corrected chi connectivity index (χ1v) is 9.59. The molecule has 0 saturated carbocycles. The first kappa shape index (κ1) is 21.1. The highest BCUT2D eigenvalue weighted by molar-refractivity contribution is 6.30. The van der Waals surface area contributed by atoms with Crippen LogP contribution in [0.15, 0.2) is 89.3 Å². The standard InChI is InChI=1S/C23H20ClN3O.ClH/c24-20-13-11-18(12-14-20)21(25-16-15-17-7-3-1-4-8-17)23-27-26-22(28-23)19-9-5-2-6-10-19;/h1-14,21,25H,15-16H2;1H. The predicted molar refractivity (Wildman–Crippen MR) is 118 cm³/mol. The number of aromatic nitrogens is 2. The minimum atomic E-state index is -0.203. The summed E-state index contributed by atoms with van der Waals surface area (Å²) >= 11 is 6.06. The zero-order valence-electron chi connectivity index (χ0n) is 15.7. The topological polar surface area (TPSA) is 51.0 Å². The van der Waals surface area contributed by atoms with Gasteiger partial charge in [0.1, 0.15) is 6.04 Å². The fourth-order valence-electron chi connectivity index (χ4n) is 3.06. The van der Waals surface area contributed by atoms with E-state index in [2.05, 4.69) is 39.8 Å². The number of hydrogen-bond donors (Lipinski definition) is 1. The van der Waals surface area contributed by atoms with E-state index in [1.54, 1.807) is 0 Å². The van der Waals surface area contributed by atoms with Gasteiger partial charge in [0, 0.05) is 17.1 Å². The normalized spacial score (nSPS) is 11.6. The molecule has 0 radical (unpaired) electrons. The van der Waals surface area contributed by atoms with Crippen molar-refractivity contribution < 1.29 is 4.42 Å². The molecule has 0 aliphatic carbocycles. The molecular weight excluding hydrogens is 405 g/mol. The Kier molecular flexibility index (Phi) is 7.42. The highest BCUT2D eigenvalue weighted by Gasteiger charge is 2.21. The molecule has 1 atom stereocenters. The van der Waals surface area contributed by atoms with E-state index in [1.165, 1.54) is 5.56 Å². The maximum absolute atomic E-state index is 6.06. The fraction of sp³-hybridized carbons (Fsp3) is 0.130. The molecule has 4 nitrogen and oxygen atoms in total. The number of rotatable bonds is 7. The smallest absolute Gasteiger partial charge is 0.247 e. The number of benzene rings is 3. The van der Waals surface area contributed by atoms with Gasteiger partial charge >= 0.3 is 0 Å². The van der Waals surface area contributed by atoms with E-state index in [4.69, 9.17) is 16.0 Å². The second-order valence-electron chi connectivity index (χ2n) is 6.49. The van der Waals surface area contributed by atoms with Gasteiger partial charge in [-0.25, -0.2) is 0 Å². The van der Waals surface area contributed by atoms with Gasteiger partial charge in [0.15, 0.2) is 0 Å². The third kappa shape index (κ3) is 5.45. The molecule has 1 heterocycles. The summed E-state index contributed by atoms with van der Waals surface area (Å²) in [5.41, 5.74) is 3.21. The minimum absolute atomic E-state index is 0. The van der Waals surface area contributed by atoms with E-state index in [0.29, 0.717) is 16.8 Å². The molecule has 1 unspecified atom stereocenters. The van der Waals surface area contributed by atoms with Crippen LogP contribution in [0.25, 0.3) is 11.5 Å². The van der Waals surface area contributed by atoms with Crippen LogP contribution in [0.2, 0.25) is 5.02 Å². The Hall–Kier alpha value is -2.66. The van der Waals surface area contributed by atoms with Crippen molar-refractivity contribution in [3.8, 4) is 11.5 Å². The van der Waals surface area contributed by atoms with Gasteiger partial charge in [-0.05, 0) is 41.8 Å². The number of hydrogen-bond acceptors (Lipinski definition) is 4. The lowest BCUT2D eigenvalue weighted by Crippen LogP contribution is -2.25. The fourth-order valence-corrected chi connectivity index (χ4v) is 3.18. The Morgan fingerprint density at radius 3 is 2.17 bits per heavy atom. The Morgan fingerprint density at radius 2 is 1.48 bits per heavy atom. The van der Waals surface area contributed by atoms with Gasteiger partial charge in [-0.15, -0.1) is 22.6 Å². The third-order valence-electron chi connectivity index (χ3n) is 4.52. The summed E-state index contributed by atoms with van der Waals surface area (Å²) in [6, 6.07) is 27.7. The van der Waals surface area contributed by atoms with Crippen molar-refractivity contribution in [1.82, 2.24) is 15.5 Å². The summed E-state index contributed by atoms with van der Waals surface area (Å²) in [6.07, 6.45) is 0.907. The summed E-state index contributed by atoms with van der Waals surface area (Å²) < 4.78 is 6.00. The molecule has 0 fully saturated rings. The van der Waals surface area contributed by atoms with Gasteiger partial charge in [-0.1, -0.05) is 72.3 Å². The van der Waals surface area contributed by atoms with Crippen molar-refractivity contribution in [3.05, 3.63) is 107 Å². The molecule has 1 N–H and O–H groups in total. The van der Waals surface area contributed by atoms with Crippen molar-refractivity contribution in [1.29, 1.82) is 0 Å². The van der Waals surface area contributed by atoms with Gasteiger partial charge in [0.25, 0.3) is 0 Å². The predicted octanol–water partition coefficient (Wildman–Crippen LogP) is 5.73. The molecule has 3 aromatic carbocycles. The SMILES string of the molecule is Cl.Clc1ccc(C(NCCc2ccccc2)c2nnc(-c3ccccc3)o2)cc1. The van der Waals surface area contributed by atoms with E-state index in [9.17, 15) is 0 Å². The molecule has 0 saturated heterocycles. The molecule has 4 aromatic rings. The van der Waals surface area contributed by atoms with Crippen LogP contribution in [0, 0.1) is 0 Å². The van der Waals surface area contributed by atoms with Gasteiger partial charge in [0.05, 0.1) is 0 Å². The molecule has 29 heavy (non-hydrogen) atoms. The molecule has 0 aliphatic rings. The van der Waals surface area contributed by atoms with Gasteiger partial charge in [0.2, 0.25) is 11.8 Å². The second-order valence-corrected chi connectivity index (χ2v) is 6.92. The zero-order chi connectivity index (χ0) is 19.2. The highest BCUT2D eigenvalue weighted by Crippen LogP contribution is 2.26. The third-order valence-corrected chi connectivity index (χ3v) is 4.77. The molecule has 0 amide bonds. The van der Waals surface area contributed by atoms with Crippen LogP contribution in [0.4, 0.5) is 0 Å². The van der Waals surface area contributed by atoms with Crippen LogP contribution < -0.4 is 5.32 Å². The van der Waals surface area contributed by atoms with Crippen LogP contribution in [-0.2, 0) is 6.42 Å². The zero-order valence-corrected chi connectivity index (χ0v) is 17.2. The van der Waals surface area contributed by atoms with Crippen LogP contribution in [0.3, 0.4) is 0 Å².